The Morgan fingerprint density at radius 2 is 2.00 bits per heavy atom. The summed E-state index contributed by atoms with van der Waals surface area (Å²) in [5.74, 6) is -0.985. The number of benzene rings is 2. The minimum Gasteiger partial charge on any atom is -0.493 e. The third-order valence-electron chi connectivity index (χ3n) is 3.77. The Balaban J connectivity index is 2.13. The molecule has 27 heavy (non-hydrogen) atoms. The van der Waals surface area contributed by atoms with Crippen molar-refractivity contribution < 1.29 is 23.5 Å². The quantitative estimate of drug-likeness (QED) is 0.630. The van der Waals surface area contributed by atoms with E-state index in [1.807, 2.05) is 6.92 Å². The monoisotopic (exact) mass is 388 g/mol. The topological polar surface area (TPSA) is 69.9 Å². The van der Waals surface area contributed by atoms with Crippen molar-refractivity contribution in [1.82, 2.24) is 4.57 Å². The maximum atomic E-state index is 13.6. The molecule has 0 saturated heterocycles. The molecule has 0 atom stereocenters. The van der Waals surface area contributed by atoms with Gasteiger partial charge >= 0.3 is 5.97 Å². The van der Waals surface area contributed by atoms with Crippen molar-refractivity contribution in [2.45, 2.75) is 13.5 Å². The third-order valence-corrected chi connectivity index (χ3v) is 4.82. The van der Waals surface area contributed by atoms with Gasteiger partial charge in [0.1, 0.15) is 18.1 Å². The van der Waals surface area contributed by atoms with Gasteiger partial charge in [0, 0.05) is 0 Å². The number of carbonyl (C=O) groups is 2. The van der Waals surface area contributed by atoms with E-state index in [0.29, 0.717) is 28.1 Å². The first-order chi connectivity index (χ1) is 13.0. The summed E-state index contributed by atoms with van der Waals surface area (Å²) in [6, 6.07) is 11.0. The molecule has 0 saturated carbocycles. The molecule has 2 aromatic carbocycles. The highest BCUT2D eigenvalue weighted by Gasteiger charge is 2.15. The maximum absolute atomic E-state index is 13.6. The molecule has 8 heteroatoms. The van der Waals surface area contributed by atoms with Gasteiger partial charge in [-0.25, -0.2) is 4.39 Å². The highest BCUT2D eigenvalue weighted by Crippen LogP contribution is 2.21. The van der Waals surface area contributed by atoms with Gasteiger partial charge < -0.3 is 14.0 Å². The molecule has 0 radical (unpaired) electrons. The molecule has 0 unspecified atom stereocenters. The van der Waals surface area contributed by atoms with E-state index in [4.69, 9.17) is 9.47 Å². The molecule has 1 aromatic heterocycles. The molecule has 1 amide bonds. The standard InChI is InChI=1S/C19H17FN2O4S/c1-3-26-15-7-5-4-6-13(15)18(24)21-19-22(11-17(23)25-2)14-9-8-12(20)10-16(14)27-19/h4-10H,3,11H2,1-2H3. The van der Waals surface area contributed by atoms with Crippen molar-refractivity contribution in [2.75, 3.05) is 13.7 Å². The van der Waals surface area contributed by atoms with Crippen LogP contribution in [0.25, 0.3) is 10.2 Å². The number of hydrogen-bond donors (Lipinski definition) is 0. The molecule has 0 spiro atoms. The molecule has 0 fully saturated rings. The number of hydrogen-bond acceptors (Lipinski definition) is 5. The number of aromatic nitrogens is 1. The Morgan fingerprint density at radius 1 is 1.22 bits per heavy atom. The molecule has 6 nitrogen and oxygen atoms in total. The summed E-state index contributed by atoms with van der Waals surface area (Å²) in [4.78, 5) is 28.9. The number of para-hydroxylation sites is 1. The second kappa shape index (κ2) is 8.13. The number of nitrogens with zero attached hydrogens (tertiary/aromatic N) is 2. The SMILES string of the molecule is CCOc1ccccc1C(=O)N=c1sc2cc(F)ccc2n1CC(=O)OC. The average molecular weight is 388 g/mol. The van der Waals surface area contributed by atoms with E-state index in [-0.39, 0.29) is 11.3 Å². The van der Waals surface area contributed by atoms with Crippen molar-refractivity contribution in [2.24, 2.45) is 4.99 Å². The van der Waals surface area contributed by atoms with E-state index in [1.165, 1.54) is 23.8 Å². The number of rotatable bonds is 5. The van der Waals surface area contributed by atoms with Crippen LogP contribution in [0.5, 0.6) is 5.75 Å². The molecule has 0 aliphatic carbocycles. The molecule has 0 aliphatic rings. The third kappa shape index (κ3) is 4.06. The van der Waals surface area contributed by atoms with E-state index in [1.54, 1.807) is 30.3 Å². The van der Waals surface area contributed by atoms with Gasteiger partial charge in [0.2, 0.25) is 0 Å². The molecule has 3 rings (SSSR count). The lowest BCUT2D eigenvalue weighted by Crippen LogP contribution is -2.22. The summed E-state index contributed by atoms with van der Waals surface area (Å²) < 4.78 is 25.9. The fourth-order valence-corrected chi connectivity index (χ4v) is 3.60. The minimum absolute atomic E-state index is 0.138. The highest BCUT2D eigenvalue weighted by molar-refractivity contribution is 7.16. The normalized spacial score (nSPS) is 11.6. The lowest BCUT2D eigenvalue weighted by molar-refractivity contribution is -0.141. The van der Waals surface area contributed by atoms with Gasteiger partial charge in [-0.2, -0.15) is 4.99 Å². The Morgan fingerprint density at radius 3 is 2.74 bits per heavy atom. The van der Waals surface area contributed by atoms with Gasteiger partial charge in [-0.3, -0.25) is 9.59 Å². The Kier molecular flexibility index (Phi) is 5.66. The van der Waals surface area contributed by atoms with Crippen molar-refractivity contribution in [3.05, 3.63) is 58.6 Å². The van der Waals surface area contributed by atoms with Gasteiger partial charge in [0.15, 0.2) is 4.80 Å². The molecule has 0 bridgehead atoms. The van der Waals surface area contributed by atoms with Gasteiger partial charge in [0.25, 0.3) is 5.91 Å². The molecule has 140 valence electrons. The van der Waals surface area contributed by atoms with Crippen LogP contribution in [-0.2, 0) is 16.1 Å². The summed E-state index contributed by atoms with van der Waals surface area (Å²) in [6.07, 6.45) is 0. The first-order valence-corrected chi connectivity index (χ1v) is 9.01. The van der Waals surface area contributed by atoms with E-state index < -0.39 is 17.7 Å². The van der Waals surface area contributed by atoms with Crippen LogP contribution >= 0.6 is 11.3 Å². The number of fused-ring (bicyclic) bond motifs is 1. The van der Waals surface area contributed by atoms with E-state index in [9.17, 15) is 14.0 Å². The Labute approximate surface area is 158 Å². The highest BCUT2D eigenvalue weighted by atomic mass is 32.1. The first-order valence-electron chi connectivity index (χ1n) is 8.20. The zero-order valence-corrected chi connectivity index (χ0v) is 15.6. The van der Waals surface area contributed by atoms with Crippen LogP contribution in [0.15, 0.2) is 47.5 Å². The van der Waals surface area contributed by atoms with Crippen LogP contribution in [0.3, 0.4) is 0 Å². The lowest BCUT2D eigenvalue weighted by atomic mass is 10.2. The van der Waals surface area contributed by atoms with Gasteiger partial charge in [-0.05, 0) is 37.3 Å². The molecular weight excluding hydrogens is 371 g/mol. The van der Waals surface area contributed by atoms with Crippen LogP contribution < -0.4 is 9.54 Å². The average Bonchev–Trinajstić information content (AvgIpc) is 2.98. The zero-order valence-electron chi connectivity index (χ0n) is 14.8. The number of esters is 1. The van der Waals surface area contributed by atoms with E-state index in [2.05, 4.69) is 4.99 Å². The summed E-state index contributed by atoms with van der Waals surface area (Å²) in [6.45, 7) is 2.10. The lowest BCUT2D eigenvalue weighted by Gasteiger charge is -2.07. The number of carbonyl (C=O) groups excluding carboxylic acids is 2. The van der Waals surface area contributed by atoms with Crippen LogP contribution in [0.1, 0.15) is 17.3 Å². The fraction of sp³-hybridized carbons (Fsp3) is 0.211. The predicted molar refractivity (Wildman–Crippen MR) is 99.3 cm³/mol. The van der Waals surface area contributed by atoms with Gasteiger partial charge in [-0.15, -0.1) is 0 Å². The second-order valence-corrected chi connectivity index (χ2v) is 6.51. The van der Waals surface area contributed by atoms with E-state index >= 15 is 0 Å². The maximum Gasteiger partial charge on any atom is 0.325 e. The minimum atomic E-state index is -0.510. The van der Waals surface area contributed by atoms with Crippen LogP contribution in [0, 0.1) is 5.82 Å². The number of halogens is 1. The summed E-state index contributed by atoms with van der Waals surface area (Å²) in [5.41, 5.74) is 0.907. The first kappa shape index (κ1) is 18.8. The summed E-state index contributed by atoms with van der Waals surface area (Å²) in [7, 11) is 1.28. The van der Waals surface area contributed by atoms with Crippen LogP contribution in [0.2, 0.25) is 0 Å². The second-order valence-electron chi connectivity index (χ2n) is 5.51. The van der Waals surface area contributed by atoms with Crippen molar-refractivity contribution in [3.8, 4) is 5.75 Å². The number of methoxy groups -OCH3 is 1. The molecular formula is C19H17FN2O4S. The number of thiazole rings is 1. The van der Waals surface area contributed by atoms with E-state index in [0.717, 1.165) is 11.3 Å². The van der Waals surface area contributed by atoms with Gasteiger partial charge in [-0.1, -0.05) is 23.5 Å². The number of amides is 1. The van der Waals surface area contributed by atoms with Crippen molar-refractivity contribution in [3.63, 3.8) is 0 Å². The Bertz CT molecular complexity index is 1070. The van der Waals surface area contributed by atoms with Crippen LogP contribution in [0.4, 0.5) is 4.39 Å². The molecule has 3 aromatic rings. The number of ether oxygens (including phenoxy) is 2. The molecule has 0 aliphatic heterocycles. The predicted octanol–water partition coefficient (Wildman–Crippen LogP) is 3.15. The zero-order chi connectivity index (χ0) is 19.4. The van der Waals surface area contributed by atoms with Crippen molar-refractivity contribution >= 4 is 33.4 Å². The fourth-order valence-electron chi connectivity index (χ4n) is 2.55. The van der Waals surface area contributed by atoms with Crippen molar-refractivity contribution in [1.29, 1.82) is 0 Å². The largest absolute Gasteiger partial charge is 0.493 e. The van der Waals surface area contributed by atoms with Crippen LogP contribution in [-0.4, -0.2) is 30.2 Å². The van der Waals surface area contributed by atoms with Gasteiger partial charge in [0.05, 0.1) is 29.5 Å². The molecule has 1 heterocycles. The molecule has 0 N–H and O–H groups in total. The Hall–Kier alpha value is -3.00. The smallest absolute Gasteiger partial charge is 0.325 e. The summed E-state index contributed by atoms with van der Waals surface area (Å²) >= 11 is 1.12. The summed E-state index contributed by atoms with van der Waals surface area (Å²) in [5, 5.41) is 0.